The zero-order chi connectivity index (χ0) is 11.1. The molecule has 15 heavy (non-hydrogen) atoms. The summed E-state index contributed by atoms with van der Waals surface area (Å²) >= 11 is 0. The van der Waals surface area contributed by atoms with Crippen molar-refractivity contribution in [3.8, 4) is 0 Å². The third kappa shape index (κ3) is 1.69. The Hall–Kier alpha value is -0.820. The van der Waals surface area contributed by atoms with Crippen molar-refractivity contribution in [3.05, 3.63) is 0 Å². The summed E-state index contributed by atoms with van der Waals surface area (Å²) in [5, 5.41) is -0.721. The first-order chi connectivity index (χ1) is 7.06. The van der Waals surface area contributed by atoms with Crippen molar-refractivity contribution in [2.75, 3.05) is 18.9 Å². The second kappa shape index (κ2) is 3.64. The Balaban J connectivity index is 2.25. The van der Waals surface area contributed by atoms with E-state index in [0.717, 1.165) is 0 Å². The van der Waals surface area contributed by atoms with Gasteiger partial charge in [0.15, 0.2) is 9.84 Å². The van der Waals surface area contributed by atoms with Crippen LogP contribution in [0.5, 0.6) is 0 Å². The lowest BCUT2D eigenvalue weighted by Gasteiger charge is -2.25. The Bertz CT molecular complexity index is 367. The van der Waals surface area contributed by atoms with E-state index in [1.54, 1.807) is 0 Å². The number of carbonyl (C=O) groups excluding carboxylic acids is 1. The predicted molar refractivity (Wildman–Crippen MR) is 52.8 cm³/mol. The summed E-state index contributed by atoms with van der Waals surface area (Å²) in [6.07, 6.45) is 0.545. The highest BCUT2D eigenvalue weighted by atomic mass is 32.2. The average Bonchev–Trinajstić information content (AvgIpc) is 2.68. The molecule has 2 N–H and O–H groups in total. The number of carbonyl (C=O) groups is 1. The van der Waals surface area contributed by atoms with Crippen LogP contribution in [0.2, 0.25) is 0 Å². The molecule has 0 saturated carbocycles. The van der Waals surface area contributed by atoms with Gasteiger partial charge in [-0.2, -0.15) is 0 Å². The van der Waals surface area contributed by atoms with Crippen LogP contribution in [0, 0.1) is 0 Å². The monoisotopic (exact) mass is 234 g/mol. The number of cyclic esters (lactones) is 1. The van der Waals surface area contributed by atoms with Crippen molar-refractivity contribution >= 4 is 15.9 Å². The third-order valence-electron chi connectivity index (χ3n) is 2.88. The number of ether oxygens (including phenoxy) is 1. The molecule has 0 aromatic rings. The maximum Gasteiger partial charge on any atom is 0.411 e. The molecule has 2 aliphatic heterocycles. The minimum absolute atomic E-state index is 0.152. The first kappa shape index (κ1) is 10.7. The second-order valence-corrected chi connectivity index (χ2v) is 6.12. The lowest BCUT2D eigenvalue weighted by Crippen LogP contribution is -2.47. The van der Waals surface area contributed by atoms with Gasteiger partial charge in [-0.25, -0.2) is 13.2 Å². The second-order valence-electron chi connectivity index (χ2n) is 3.84. The highest BCUT2D eigenvalue weighted by molar-refractivity contribution is 7.92. The summed E-state index contributed by atoms with van der Waals surface area (Å²) in [4.78, 5) is 12.7. The van der Waals surface area contributed by atoms with E-state index in [4.69, 9.17) is 10.5 Å². The van der Waals surface area contributed by atoms with E-state index in [0.29, 0.717) is 12.8 Å². The van der Waals surface area contributed by atoms with Gasteiger partial charge in [-0.05, 0) is 12.8 Å². The van der Waals surface area contributed by atoms with E-state index in [1.807, 2.05) is 0 Å². The molecule has 1 amide bonds. The highest BCUT2D eigenvalue weighted by Gasteiger charge is 2.45. The van der Waals surface area contributed by atoms with E-state index in [9.17, 15) is 13.2 Å². The number of rotatable bonds is 2. The van der Waals surface area contributed by atoms with Crippen molar-refractivity contribution in [1.29, 1.82) is 0 Å². The zero-order valence-corrected chi connectivity index (χ0v) is 9.07. The van der Waals surface area contributed by atoms with Crippen LogP contribution in [0.4, 0.5) is 4.79 Å². The summed E-state index contributed by atoms with van der Waals surface area (Å²) in [5.74, 6) is 0.152. The normalized spacial score (nSPS) is 34.5. The smallest absolute Gasteiger partial charge is 0.411 e. The number of sulfone groups is 1. The van der Waals surface area contributed by atoms with E-state index in [2.05, 4.69) is 0 Å². The summed E-state index contributed by atoms with van der Waals surface area (Å²) in [6.45, 7) is 0.430. The molecule has 7 heteroatoms. The van der Waals surface area contributed by atoms with E-state index < -0.39 is 21.3 Å². The molecule has 2 rings (SSSR count). The Morgan fingerprint density at radius 2 is 2.27 bits per heavy atom. The molecular formula is C8H14N2O4S. The van der Waals surface area contributed by atoms with Crippen molar-refractivity contribution in [2.45, 2.75) is 24.3 Å². The van der Waals surface area contributed by atoms with Gasteiger partial charge in [0.05, 0.1) is 11.8 Å². The lowest BCUT2D eigenvalue weighted by molar-refractivity contribution is 0.154. The van der Waals surface area contributed by atoms with Gasteiger partial charge in [0.25, 0.3) is 0 Å². The van der Waals surface area contributed by atoms with Crippen LogP contribution in [-0.2, 0) is 14.6 Å². The van der Waals surface area contributed by atoms with Crippen LogP contribution in [0.25, 0.3) is 0 Å². The number of hydrogen-bond donors (Lipinski definition) is 1. The lowest BCUT2D eigenvalue weighted by atomic mass is 10.2. The van der Waals surface area contributed by atoms with Crippen LogP contribution in [0.1, 0.15) is 12.8 Å². The maximum atomic E-state index is 11.7. The van der Waals surface area contributed by atoms with E-state index in [1.165, 1.54) is 4.90 Å². The first-order valence-corrected chi connectivity index (χ1v) is 6.64. The molecule has 0 aromatic carbocycles. The summed E-state index contributed by atoms with van der Waals surface area (Å²) in [7, 11) is -3.18. The van der Waals surface area contributed by atoms with E-state index >= 15 is 0 Å². The average molecular weight is 234 g/mol. The van der Waals surface area contributed by atoms with Gasteiger partial charge in [0.2, 0.25) is 0 Å². The van der Waals surface area contributed by atoms with Crippen LogP contribution in [0.15, 0.2) is 0 Å². The van der Waals surface area contributed by atoms with Crippen LogP contribution < -0.4 is 5.73 Å². The van der Waals surface area contributed by atoms with Gasteiger partial charge in [-0.3, -0.25) is 4.90 Å². The number of nitrogens with zero attached hydrogens (tertiary/aromatic N) is 1. The Labute approximate surface area is 88.3 Å². The number of hydrogen-bond acceptors (Lipinski definition) is 5. The molecule has 2 unspecified atom stereocenters. The number of nitrogens with two attached hydrogens (primary N) is 1. The fraction of sp³-hybridized carbons (Fsp3) is 0.875. The van der Waals surface area contributed by atoms with Crippen molar-refractivity contribution < 1.29 is 17.9 Å². The maximum absolute atomic E-state index is 11.7. The van der Waals surface area contributed by atoms with Crippen molar-refractivity contribution in [1.82, 2.24) is 4.90 Å². The molecule has 2 saturated heterocycles. The first-order valence-electron chi connectivity index (χ1n) is 4.93. The molecule has 0 aliphatic carbocycles. The largest absolute Gasteiger partial charge is 0.447 e. The van der Waals surface area contributed by atoms with Gasteiger partial charge in [0, 0.05) is 6.54 Å². The molecule has 2 fully saturated rings. The Morgan fingerprint density at radius 3 is 2.80 bits per heavy atom. The summed E-state index contributed by atoms with van der Waals surface area (Å²) in [6, 6.07) is -0.296. The summed E-state index contributed by atoms with van der Waals surface area (Å²) < 4.78 is 28.1. The molecule has 0 radical (unpaired) electrons. The van der Waals surface area contributed by atoms with Gasteiger partial charge < -0.3 is 10.5 Å². The molecule has 2 aliphatic rings. The van der Waals surface area contributed by atoms with Crippen molar-refractivity contribution in [2.24, 2.45) is 5.73 Å². The minimum Gasteiger partial charge on any atom is -0.447 e. The fourth-order valence-corrected chi connectivity index (χ4v) is 4.06. The molecular weight excluding hydrogens is 220 g/mol. The van der Waals surface area contributed by atoms with Gasteiger partial charge in [0.1, 0.15) is 12.0 Å². The van der Waals surface area contributed by atoms with Crippen LogP contribution in [0.3, 0.4) is 0 Å². The zero-order valence-electron chi connectivity index (χ0n) is 8.26. The predicted octanol–water partition coefficient (Wildman–Crippen LogP) is -0.699. The van der Waals surface area contributed by atoms with Crippen LogP contribution in [-0.4, -0.2) is 49.7 Å². The van der Waals surface area contributed by atoms with Gasteiger partial charge in [-0.15, -0.1) is 0 Å². The fourth-order valence-electron chi connectivity index (χ4n) is 2.09. The quantitative estimate of drug-likeness (QED) is 0.682. The SMILES string of the molecule is NCC1COC(=O)N1C1CCCS1(=O)=O. The molecule has 0 spiro atoms. The number of amides is 1. The third-order valence-corrected chi connectivity index (χ3v) is 5.03. The standard InChI is InChI=1S/C8H14N2O4S/c9-4-6-5-14-8(11)10(6)7-2-1-3-15(7,12)13/h6-7H,1-5,9H2. The molecule has 86 valence electrons. The van der Waals surface area contributed by atoms with Crippen molar-refractivity contribution in [3.63, 3.8) is 0 Å². The van der Waals surface area contributed by atoms with E-state index in [-0.39, 0.29) is 24.9 Å². The van der Waals surface area contributed by atoms with Gasteiger partial charge >= 0.3 is 6.09 Å². The molecule has 6 nitrogen and oxygen atoms in total. The molecule has 0 bridgehead atoms. The topological polar surface area (TPSA) is 89.7 Å². The highest BCUT2D eigenvalue weighted by Crippen LogP contribution is 2.28. The van der Waals surface area contributed by atoms with Gasteiger partial charge in [-0.1, -0.05) is 0 Å². The summed E-state index contributed by atoms with van der Waals surface area (Å²) in [5.41, 5.74) is 5.47. The molecule has 2 atom stereocenters. The Kier molecular flexibility index (Phi) is 2.59. The minimum atomic E-state index is -3.18. The Morgan fingerprint density at radius 1 is 1.53 bits per heavy atom. The van der Waals surface area contributed by atoms with Crippen LogP contribution >= 0.6 is 0 Å². The molecule has 2 heterocycles. The molecule has 0 aromatic heterocycles.